The first-order valence-corrected chi connectivity index (χ1v) is 5.86. The van der Waals surface area contributed by atoms with Gasteiger partial charge in [-0.25, -0.2) is 0 Å². The average molecular weight is 218 g/mol. The Labute approximate surface area is 93.8 Å². The van der Waals surface area contributed by atoms with Crippen molar-refractivity contribution < 1.29 is 14.6 Å². The minimum atomic E-state index is -0.655. The Morgan fingerprint density at radius 2 is 1.60 bits per heavy atom. The molecular formula is C12H26O3. The lowest BCUT2D eigenvalue weighted by Crippen LogP contribution is -2.35. The fourth-order valence-electron chi connectivity index (χ4n) is 1.73. The molecule has 0 aromatic heterocycles. The van der Waals surface area contributed by atoms with Crippen molar-refractivity contribution in [2.24, 2.45) is 5.41 Å². The summed E-state index contributed by atoms with van der Waals surface area (Å²) in [7, 11) is 1.37. The van der Waals surface area contributed by atoms with Gasteiger partial charge in [0.2, 0.25) is 0 Å². The highest BCUT2D eigenvalue weighted by atomic mass is 16.5. The smallest absolute Gasteiger partial charge is 0.314 e. The molecule has 15 heavy (non-hydrogen) atoms. The highest BCUT2D eigenvalue weighted by Gasteiger charge is 2.36. The summed E-state index contributed by atoms with van der Waals surface area (Å²) in [6, 6.07) is 0. The van der Waals surface area contributed by atoms with E-state index >= 15 is 0 Å². The van der Waals surface area contributed by atoms with Crippen LogP contribution in [-0.2, 0) is 9.53 Å². The highest BCUT2D eigenvalue weighted by Crippen LogP contribution is 2.30. The summed E-state index contributed by atoms with van der Waals surface area (Å²) in [6.45, 7) is 7.90. The van der Waals surface area contributed by atoms with Crippen molar-refractivity contribution in [3.63, 3.8) is 0 Å². The lowest BCUT2D eigenvalue weighted by atomic mass is 9.80. The van der Waals surface area contributed by atoms with Gasteiger partial charge in [-0.15, -0.1) is 0 Å². The molecule has 0 saturated carbocycles. The molecule has 0 unspecified atom stereocenters. The number of aliphatic hydroxyl groups is 1. The monoisotopic (exact) mass is 218 g/mol. The van der Waals surface area contributed by atoms with E-state index in [1.165, 1.54) is 7.11 Å². The largest absolute Gasteiger partial charge is 0.469 e. The first-order chi connectivity index (χ1) is 7.16. The van der Waals surface area contributed by atoms with Crippen LogP contribution < -0.4 is 0 Å². The van der Waals surface area contributed by atoms with Gasteiger partial charge in [-0.3, -0.25) is 4.79 Å². The molecule has 0 atom stereocenters. The molecule has 0 aliphatic rings. The molecule has 0 aliphatic carbocycles. The van der Waals surface area contributed by atoms with E-state index in [2.05, 4.69) is 0 Å². The van der Waals surface area contributed by atoms with E-state index in [-0.39, 0.29) is 12.6 Å². The summed E-state index contributed by atoms with van der Waals surface area (Å²) in [5.41, 5.74) is -0.655. The van der Waals surface area contributed by atoms with E-state index in [1.54, 1.807) is 0 Å². The standard InChI is InChI=1S/C10H20O3.C2H6/c1-4-6-10(8-11,7-5-2)9(12)13-3;1-2/h11H,4-8H2,1-3H3;1-2H3. The molecule has 0 aromatic rings. The Morgan fingerprint density at radius 3 is 1.80 bits per heavy atom. The van der Waals surface area contributed by atoms with Crippen LogP contribution in [0.3, 0.4) is 0 Å². The van der Waals surface area contributed by atoms with Gasteiger partial charge in [0.25, 0.3) is 0 Å². The van der Waals surface area contributed by atoms with Crippen LogP contribution in [0.2, 0.25) is 0 Å². The fraction of sp³-hybridized carbons (Fsp3) is 0.917. The Bertz CT molecular complexity index is 149. The van der Waals surface area contributed by atoms with Crippen LogP contribution in [0.1, 0.15) is 53.4 Å². The summed E-state index contributed by atoms with van der Waals surface area (Å²) in [5, 5.41) is 9.24. The highest BCUT2D eigenvalue weighted by molar-refractivity contribution is 5.76. The second-order valence-corrected chi connectivity index (χ2v) is 3.43. The second-order valence-electron chi connectivity index (χ2n) is 3.43. The first-order valence-electron chi connectivity index (χ1n) is 5.86. The van der Waals surface area contributed by atoms with Gasteiger partial charge in [-0.05, 0) is 12.8 Å². The first kappa shape index (κ1) is 16.8. The van der Waals surface area contributed by atoms with Crippen LogP contribution in [0.5, 0.6) is 0 Å². The van der Waals surface area contributed by atoms with Gasteiger partial charge in [0, 0.05) is 0 Å². The minimum Gasteiger partial charge on any atom is -0.469 e. The molecule has 0 fully saturated rings. The van der Waals surface area contributed by atoms with Gasteiger partial charge < -0.3 is 9.84 Å². The van der Waals surface area contributed by atoms with Crippen LogP contribution in [0.25, 0.3) is 0 Å². The van der Waals surface area contributed by atoms with Gasteiger partial charge >= 0.3 is 5.97 Å². The molecule has 0 amide bonds. The third-order valence-electron chi connectivity index (χ3n) is 2.38. The summed E-state index contributed by atoms with van der Waals surface area (Å²) >= 11 is 0. The van der Waals surface area contributed by atoms with E-state index < -0.39 is 5.41 Å². The summed E-state index contributed by atoms with van der Waals surface area (Å²) in [4.78, 5) is 11.5. The number of ether oxygens (including phenoxy) is 1. The maximum atomic E-state index is 11.5. The van der Waals surface area contributed by atoms with Crippen LogP contribution in [0, 0.1) is 5.41 Å². The molecule has 0 heterocycles. The van der Waals surface area contributed by atoms with Crippen molar-refractivity contribution in [3.05, 3.63) is 0 Å². The zero-order chi connectivity index (χ0) is 12.3. The van der Waals surface area contributed by atoms with Crippen molar-refractivity contribution in [1.29, 1.82) is 0 Å². The summed E-state index contributed by atoms with van der Waals surface area (Å²) < 4.78 is 4.71. The van der Waals surface area contributed by atoms with E-state index in [0.29, 0.717) is 12.8 Å². The van der Waals surface area contributed by atoms with E-state index in [9.17, 15) is 9.90 Å². The summed E-state index contributed by atoms with van der Waals surface area (Å²) in [6.07, 6.45) is 3.17. The van der Waals surface area contributed by atoms with Gasteiger partial charge in [0.15, 0.2) is 0 Å². The zero-order valence-electron chi connectivity index (χ0n) is 10.8. The number of esters is 1. The molecule has 0 saturated heterocycles. The lowest BCUT2D eigenvalue weighted by molar-refractivity contribution is -0.156. The molecule has 0 aromatic carbocycles. The van der Waals surface area contributed by atoms with Crippen molar-refractivity contribution in [1.82, 2.24) is 0 Å². The van der Waals surface area contributed by atoms with Crippen molar-refractivity contribution >= 4 is 5.97 Å². The zero-order valence-corrected chi connectivity index (χ0v) is 10.8. The number of carbonyl (C=O) groups excluding carboxylic acids is 1. The second kappa shape index (κ2) is 9.97. The van der Waals surface area contributed by atoms with E-state index in [1.807, 2.05) is 27.7 Å². The lowest BCUT2D eigenvalue weighted by Gasteiger charge is -2.27. The van der Waals surface area contributed by atoms with Crippen molar-refractivity contribution in [2.75, 3.05) is 13.7 Å². The maximum Gasteiger partial charge on any atom is 0.314 e. The molecule has 0 rings (SSSR count). The molecule has 1 N–H and O–H groups in total. The van der Waals surface area contributed by atoms with Crippen molar-refractivity contribution in [3.8, 4) is 0 Å². The van der Waals surface area contributed by atoms with Gasteiger partial charge in [0.1, 0.15) is 0 Å². The fourth-order valence-corrected chi connectivity index (χ4v) is 1.73. The SMILES string of the molecule is CC.CCCC(CO)(CCC)C(=O)OC. The molecule has 0 aliphatic heterocycles. The molecular weight excluding hydrogens is 192 g/mol. The Kier molecular flexibility index (Phi) is 11.2. The van der Waals surface area contributed by atoms with E-state index in [0.717, 1.165) is 12.8 Å². The number of hydrogen-bond donors (Lipinski definition) is 1. The number of hydrogen-bond acceptors (Lipinski definition) is 3. The molecule has 0 bridgehead atoms. The average Bonchev–Trinajstić information content (AvgIpc) is 2.30. The Balaban J connectivity index is 0. The van der Waals surface area contributed by atoms with Crippen LogP contribution >= 0.6 is 0 Å². The minimum absolute atomic E-state index is 0.110. The normalized spacial score (nSPS) is 10.3. The van der Waals surface area contributed by atoms with Crippen LogP contribution in [0.15, 0.2) is 0 Å². The molecule has 92 valence electrons. The quantitative estimate of drug-likeness (QED) is 0.697. The Morgan fingerprint density at radius 1 is 1.20 bits per heavy atom. The van der Waals surface area contributed by atoms with Gasteiger partial charge in [0.05, 0.1) is 19.1 Å². The predicted molar refractivity (Wildman–Crippen MR) is 62.7 cm³/mol. The summed E-state index contributed by atoms with van der Waals surface area (Å²) in [5.74, 6) is -0.279. The number of carbonyl (C=O) groups is 1. The maximum absolute atomic E-state index is 11.5. The van der Waals surface area contributed by atoms with Crippen LogP contribution in [0.4, 0.5) is 0 Å². The topological polar surface area (TPSA) is 46.5 Å². The van der Waals surface area contributed by atoms with E-state index in [4.69, 9.17) is 4.74 Å². The molecule has 0 spiro atoms. The third kappa shape index (κ3) is 5.17. The van der Waals surface area contributed by atoms with Crippen molar-refractivity contribution in [2.45, 2.75) is 53.4 Å². The molecule has 3 heteroatoms. The number of rotatable bonds is 6. The van der Waals surface area contributed by atoms with Crippen LogP contribution in [-0.4, -0.2) is 24.8 Å². The molecule has 0 radical (unpaired) electrons. The number of methoxy groups -OCH3 is 1. The third-order valence-corrected chi connectivity index (χ3v) is 2.38. The number of aliphatic hydroxyl groups excluding tert-OH is 1. The predicted octanol–water partition coefficient (Wildman–Crippen LogP) is 2.76. The van der Waals surface area contributed by atoms with Gasteiger partial charge in [-0.1, -0.05) is 40.5 Å². The molecule has 3 nitrogen and oxygen atoms in total. The Hall–Kier alpha value is -0.570. The van der Waals surface area contributed by atoms with Gasteiger partial charge in [-0.2, -0.15) is 0 Å².